The molecular formula is C20H23F2N7O. The number of pyridine rings is 1. The van der Waals surface area contributed by atoms with Gasteiger partial charge >= 0.3 is 0 Å². The lowest BCUT2D eigenvalue weighted by molar-refractivity contribution is -0.114. The van der Waals surface area contributed by atoms with Crippen molar-refractivity contribution in [3.8, 4) is 5.95 Å². The van der Waals surface area contributed by atoms with Crippen LogP contribution >= 0.6 is 0 Å². The van der Waals surface area contributed by atoms with Crippen LogP contribution in [-0.2, 0) is 10.7 Å². The predicted molar refractivity (Wildman–Crippen MR) is 110 cm³/mol. The van der Waals surface area contributed by atoms with Crippen molar-refractivity contribution in [2.45, 2.75) is 19.8 Å². The third-order valence-electron chi connectivity index (χ3n) is 5.13. The molecule has 1 aliphatic heterocycles. The van der Waals surface area contributed by atoms with Gasteiger partial charge in [-0.2, -0.15) is 8.78 Å². The van der Waals surface area contributed by atoms with Crippen LogP contribution in [0.5, 0.6) is 0 Å². The molecular weight excluding hydrogens is 392 g/mol. The van der Waals surface area contributed by atoms with Crippen LogP contribution in [0.1, 0.15) is 19.5 Å². The molecule has 1 amide bonds. The van der Waals surface area contributed by atoms with E-state index in [1.165, 1.54) is 19.2 Å². The minimum absolute atomic E-state index is 0.138. The summed E-state index contributed by atoms with van der Waals surface area (Å²) in [5.74, 6) is -2.82. The van der Waals surface area contributed by atoms with Gasteiger partial charge in [0.25, 0.3) is 5.92 Å². The van der Waals surface area contributed by atoms with E-state index in [9.17, 15) is 13.6 Å². The number of carbonyl (C=O) groups excluding carboxylic acids is 1. The largest absolute Gasteiger partial charge is 0.367 e. The van der Waals surface area contributed by atoms with Gasteiger partial charge < -0.3 is 15.1 Å². The van der Waals surface area contributed by atoms with Gasteiger partial charge in [-0.3, -0.25) is 9.36 Å². The first kappa shape index (κ1) is 20.1. The lowest BCUT2D eigenvalue weighted by Gasteiger charge is -2.33. The smallest absolute Gasteiger partial charge is 0.287 e. The summed E-state index contributed by atoms with van der Waals surface area (Å²) < 4.78 is 29.3. The standard InChI is InChI=1S/C20H23F2N7O/c1-13(30)25-18-10-15-14(11-24-18)16(28-8-6-27(3)7-9-28)12-29(15)19-23-5-4-17(26-19)20(2,21)22/h4-5,10-12H,6-9H2,1-3H3,(H,24,25,30). The Kier molecular flexibility index (Phi) is 5.10. The number of alkyl halides is 2. The van der Waals surface area contributed by atoms with Crippen molar-refractivity contribution in [3.63, 3.8) is 0 Å². The molecule has 3 aromatic rings. The van der Waals surface area contributed by atoms with E-state index in [1.807, 2.05) is 6.20 Å². The molecule has 0 bridgehead atoms. The first-order valence-electron chi connectivity index (χ1n) is 9.66. The van der Waals surface area contributed by atoms with Crippen LogP contribution < -0.4 is 10.2 Å². The number of anilines is 2. The molecule has 1 N–H and O–H groups in total. The number of nitrogens with one attached hydrogen (secondary N) is 1. The summed E-state index contributed by atoms with van der Waals surface area (Å²) in [6.45, 7) is 5.70. The molecule has 0 unspecified atom stereocenters. The normalized spacial score (nSPS) is 15.6. The Morgan fingerprint density at radius 3 is 2.60 bits per heavy atom. The topological polar surface area (TPSA) is 79.2 Å². The van der Waals surface area contributed by atoms with Crippen molar-refractivity contribution in [2.24, 2.45) is 0 Å². The number of nitrogens with zero attached hydrogens (tertiary/aromatic N) is 6. The molecule has 4 rings (SSSR count). The monoisotopic (exact) mass is 415 g/mol. The highest BCUT2D eigenvalue weighted by Crippen LogP contribution is 2.33. The fourth-order valence-electron chi connectivity index (χ4n) is 3.53. The molecule has 0 spiro atoms. The highest BCUT2D eigenvalue weighted by atomic mass is 19.3. The van der Waals surface area contributed by atoms with Crippen LogP contribution in [-0.4, -0.2) is 63.6 Å². The zero-order valence-corrected chi connectivity index (χ0v) is 17.1. The van der Waals surface area contributed by atoms with Crippen molar-refractivity contribution in [1.29, 1.82) is 0 Å². The Hall–Kier alpha value is -3.14. The Morgan fingerprint density at radius 1 is 1.20 bits per heavy atom. The molecule has 1 fully saturated rings. The van der Waals surface area contributed by atoms with Crippen LogP contribution in [0.3, 0.4) is 0 Å². The third-order valence-corrected chi connectivity index (χ3v) is 5.13. The molecule has 30 heavy (non-hydrogen) atoms. The second-order valence-electron chi connectivity index (χ2n) is 7.57. The van der Waals surface area contributed by atoms with E-state index in [0.717, 1.165) is 44.2 Å². The molecule has 0 aliphatic carbocycles. The number of piperazine rings is 1. The van der Waals surface area contributed by atoms with Gasteiger partial charge in [-0.25, -0.2) is 15.0 Å². The highest BCUT2D eigenvalue weighted by Gasteiger charge is 2.27. The number of fused-ring (bicyclic) bond motifs is 1. The molecule has 1 aliphatic rings. The van der Waals surface area contributed by atoms with Gasteiger partial charge in [0.15, 0.2) is 0 Å². The molecule has 158 valence electrons. The molecule has 4 heterocycles. The minimum Gasteiger partial charge on any atom is -0.367 e. The molecule has 0 aromatic carbocycles. The number of carbonyl (C=O) groups is 1. The third kappa shape index (κ3) is 3.95. The number of hydrogen-bond acceptors (Lipinski definition) is 6. The molecule has 0 saturated carbocycles. The zero-order chi connectivity index (χ0) is 21.5. The van der Waals surface area contributed by atoms with Gasteiger partial charge in [0, 0.05) is 70.1 Å². The van der Waals surface area contributed by atoms with Crippen molar-refractivity contribution in [3.05, 3.63) is 36.4 Å². The quantitative estimate of drug-likeness (QED) is 0.706. The van der Waals surface area contributed by atoms with Crippen molar-refractivity contribution in [2.75, 3.05) is 43.4 Å². The molecule has 8 nitrogen and oxygen atoms in total. The van der Waals surface area contributed by atoms with Gasteiger partial charge in [-0.15, -0.1) is 0 Å². The predicted octanol–water partition coefficient (Wildman–Crippen LogP) is 2.64. The lowest BCUT2D eigenvalue weighted by atomic mass is 10.2. The maximum absolute atomic E-state index is 13.8. The summed E-state index contributed by atoms with van der Waals surface area (Å²) >= 11 is 0. The second kappa shape index (κ2) is 7.60. The zero-order valence-electron chi connectivity index (χ0n) is 17.1. The fraction of sp³-hybridized carbons (Fsp3) is 0.400. The second-order valence-corrected chi connectivity index (χ2v) is 7.57. The maximum Gasteiger partial charge on any atom is 0.287 e. The lowest BCUT2D eigenvalue weighted by Crippen LogP contribution is -2.44. The average Bonchev–Trinajstić information content (AvgIpc) is 3.06. The molecule has 3 aromatic heterocycles. The Balaban J connectivity index is 1.86. The van der Waals surface area contributed by atoms with Crippen LogP contribution in [0.4, 0.5) is 20.3 Å². The summed E-state index contributed by atoms with van der Waals surface area (Å²) in [5.41, 5.74) is 1.25. The van der Waals surface area contributed by atoms with Gasteiger partial charge in [0.1, 0.15) is 11.5 Å². The van der Waals surface area contributed by atoms with E-state index in [1.54, 1.807) is 16.8 Å². The first-order chi connectivity index (χ1) is 14.2. The first-order valence-corrected chi connectivity index (χ1v) is 9.66. The molecule has 10 heteroatoms. The Bertz CT molecular complexity index is 1080. The van der Waals surface area contributed by atoms with Gasteiger partial charge in [0.2, 0.25) is 11.9 Å². The molecule has 1 saturated heterocycles. The number of halogens is 2. The van der Waals surface area contributed by atoms with Crippen LogP contribution in [0.15, 0.2) is 30.7 Å². The summed E-state index contributed by atoms with van der Waals surface area (Å²) in [7, 11) is 2.08. The van der Waals surface area contributed by atoms with Crippen molar-refractivity contribution < 1.29 is 13.6 Å². The van der Waals surface area contributed by atoms with E-state index in [0.29, 0.717) is 11.3 Å². The SMILES string of the molecule is CC(=O)Nc1cc2c(cn1)c(N1CCN(C)CC1)cn2-c1nccc(C(C)(F)F)n1. The summed E-state index contributed by atoms with van der Waals surface area (Å²) in [6.07, 6.45) is 4.86. The van der Waals surface area contributed by atoms with Gasteiger partial charge in [-0.1, -0.05) is 0 Å². The van der Waals surface area contributed by atoms with E-state index in [4.69, 9.17) is 0 Å². The van der Waals surface area contributed by atoms with Crippen LogP contribution in [0.25, 0.3) is 16.9 Å². The van der Waals surface area contributed by atoms with E-state index in [2.05, 4.69) is 37.1 Å². The van der Waals surface area contributed by atoms with Gasteiger partial charge in [-0.05, 0) is 13.1 Å². The number of aromatic nitrogens is 4. The number of rotatable bonds is 4. The van der Waals surface area contributed by atoms with E-state index < -0.39 is 5.92 Å². The average molecular weight is 415 g/mol. The number of likely N-dealkylation sites (N-methyl/N-ethyl adjacent to an activating group) is 1. The highest BCUT2D eigenvalue weighted by molar-refractivity contribution is 5.97. The number of amides is 1. The van der Waals surface area contributed by atoms with Crippen molar-refractivity contribution in [1.82, 2.24) is 24.4 Å². The van der Waals surface area contributed by atoms with E-state index in [-0.39, 0.29) is 17.5 Å². The fourth-order valence-corrected chi connectivity index (χ4v) is 3.53. The van der Waals surface area contributed by atoms with Crippen LogP contribution in [0, 0.1) is 0 Å². The Labute approximate surface area is 172 Å². The molecule has 0 atom stereocenters. The van der Waals surface area contributed by atoms with Gasteiger partial charge in [0.05, 0.1) is 11.2 Å². The number of hydrogen-bond donors (Lipinski definition) is 1. The Morgan fingerprint density at radius 2 is 1.93 bits per heavy atom. The minimum atomic E-state index is -3.08. The maximum atomic E-state index is 13.8. The van der Waals surface area contributed by atoms with Crippen LogP contribution in [0.2, 0.25) is 0 Å². The summed E-state index contributed by atoms with van der Waals surface area (Å²) in [6, 6.07) is 2.91. The summed E-state index contributed by atoms with van der Waals surface area (Å²) in [5, 5.41) is 3.50. The van der Waals surface area contributed by atoms with Crippen molar-refractivity contribution >= 4 is 28.3 Å². The van der Waals surface area contributed by atoms with E-state index >= 15 is 0 Å². The molecule has 0 radical (unpaired) electrons. The summed E-state index contributed by atoms with van der Waals surface area (Å²) in [4.78, 5) is 28.6.